The van der Waals surface area contributed by atoms with Gasteiger partial charge in [0.2, 0.25) is 0 Å². The zero-order chi connectivity index (χ0) is 13.8. The summed E-state index contributed by atoms with van der Waals surface area (Å²) in [5.74, 6) is 0.0231. The summed E-state index contributed by atoms with van der Waals surface area (Å²) < 4.78 is 0. The molecule has 0 atom stereocenters. The van der Waals surface area contributed by atoms with E-state index in [0.29, 0.717) is 17.1 Å². The van der Waals surface area contributed by atoms with Crippen LogP contribution in [0, 0.1) is 6.92 Å². The van der Waals surface area contributed by atoms with Crippen molar-refractivity contribution in [1.29, 1.82) is 0 Å². The molecule has 2 aromatic rings. The molecule has 2 aromatic carbocycles. The second-order valence-corrected chi connectivity index (χ2v) is 5.09. The summed E-state index contributed by atoms with van der Waals surface area (Å²) in [7, 11) is 1.80. The third-order valence-electron chi connectivity index (χ3n) is 2.98. The van der Waals surface area contributed by atoms with E-state index in [0.717, 1.165) is 11.1 Å². The van der Waals surface area contributed by atoms with Crippen LogP contribution in [0.2, 0.25) is 5.02 Å². The first-order chi connectivity index (χ1) is 9.06. The number of hydrogen-bond donors (Lipinski definition) is 0. The van der Waals surface area contributed by atoms with Gasteiger partial charge in [-0.25, -0.2) is 0 Å². The van der Waals surface area contributed by atoms with Crippen LogP contribution in [0.5, 0.6) is 0 Å². The Kier molecular flexibility index (Phi) is 4.23. The number of amides is 1. The lowest BCUT2D eigenvalue weighted by Gasteiger charge is -2.17. The zero-order valence-corrected chi connectivity index (χ0v) is 11.8. The Bertz CT molecular complexity index is 560. The molecule has 2 rings (SSSR count). The van der Waals surface area contributed by atoms with E-state index in [1.54, 1.807) is 11.9 Å². The summed E-state index contributed by atoms with van der Waals surface area (Å²) in [4.78, 5) is 13.9. The Morgan fingerprint density at radius 2 is 1.63 bits per heavy atom. The van der Waals surface area contributed by atoms with E-state index in [9.17, 15) is 4.79 Å². The van der Waals surface area contributed by atoms with Crippen molar-refractivity contribution < 1.29 is 4.79 Å². The van der Waals surface area contributed by atoms with Crippen molar-refractivity contribution in [3.63, 3.8) is 0 Å². The van der Waals surface area contributed by atoms with Crippen molar-refractivity contribution in [2.45, 2.75) is 13.5 Å². The largest absolute Gasteiger partial charge is 0.337 e. The van der Waals surface area contributed by atoms with Crippen LogP contribution in [0.3, 0.4) is 0 Å². The molecule has 0 fully saturated rings. The predicted octanol–water partition coefficient (Wildman–Crippen LogP) is 3.92. The van der Waals surface area contributed by atoms with E-state index in [1.807, 2.05) is 55.5 Å². The second kappa shape index (κ2) is 5.89. The Balaban J connectivity index is 2.07. The lowest BCUT2D eigenvalue weighted by Crippen LogP contribution is -2.26. The molecular formula is C16H16ClNO. The van der Waals surface area contributed by atoms with Crippen LogP contribution in [0.15, 0.2) is 48.5 Å². The zero-order valence-electron chi connectivity index (χ0n) is 11.1. The van der Waals surface area contributed by atoms with E-state index in [1.165, 1.54) is 0 Å². The Morgan fingerprint density at radius 3 is 2.21 bits per heavy atom. The number of benzene rings is 2. The number of carbonyl (C=O) groups is 1. The second-order valence-electron chi connectivity index (χ2n) is 4.65. The van der Waals surface area contributed by atoms with Gasteiger partial charge in [-0.3, -0.25) is 4.79 Å². The van der Waals surface area contributed by atoms with Crippen molar-refractivity contribution in [2.24, 2.45) is 0 Å². The SMILES string of the molecule is Cc1ccc(C(=O)N(C)Cc2ccc(Cl)cc2)cc1. The highest BCUT2D eigenvalue weighted by atomic mass is 35.5. The van der Waals surface area contributed by atoms with E-state index < -0.39 is 0 Å². The van der Waals surface area contributed by atoms with E-state index in [4.69, 9.17) is 11.6 Å². The lowest BCUT2D eigenvalue weighted by molar-refractivity contribution is 0.0785. The van der Waals surface area contributed by atoms with Crippen LogP contribution in [-0.4, -0.2) is 17.9 Å². The normalized spacial score (nSPS) is 10.3. The van der Waals surface area contributed by atoms with Gasteiger partial charge >= 0.3 is 0 Å². The lowest BCUT2D eigenvalue weighted by atomic mass is 10.1. The van der Waals surface area contributed by atoms with E-state index in [2.05, 4.69) is 0 Å². The van der Waals surface area contributed by atoms with Crippen molar-refractivity contribution in [3.8, 4) is 0 Å². The number of nitrogens with zero attached hydrogens (tertiary/aromatic N) is 1. The molecule has 0 N–H and O–H groups in total. The summed E-state index contributed by atoms with van der Waals surface area (Å²) in [6, 6.07) is 15.1. The van der Waals surface area contributed by atoms with Crippen LogP contribution in [0.1, 0.15) is 21.5 Å². The summed E-state index contributed by atoms with van der Waals surface area (Å²) in [5, 5.41) is 0.705. The summed E-state index contributed by atoms with van der Waals surface area (Å²) in [6.07, 6.45) is 0. The highest BCUT2D eigenvalue weighted by molar-refractivity contribution is 6.30. The Hall–Kier alpha value is -1.80. The number of rotatable bonds is 3. The standard InChI is InChI=1S/C16H16ClNO/c1-12-3-7-14(8-4-12)16(19)18(2)11-13-5-9-15(17)10-6-13/h3-10H,11H2,1-2H3. The molecule has 0 saturated heterocycles. The van der Waals surface area contributed by atoms with Gasteiger partial charge in [0.05, 0.1) is 0 Å². The van der Waals surface area contributed by atoms with Gasteiger partial charge in [0, 0.05) is 24.2 Å². The minimum Gasteiger partial charge on any atom is -0.337 e. The van der Waals surface area contributed by atoms with Gasteiger partial charge in [-0.15, -0.1) is 0 Å². The molecular weight excluding hydrogens is 258 g/mol. The van der Waals surface area contributed by atoms with Gasteiger partial charge in [0.25, 0.3) is 5.91 Å². The minimum absolute atomic E-state index is 0.0231. The van der Waals surface area contributed by atoms with E-state index >= 15 is 0 Å². The highest BCUT2D eigenvalue weighted by Gasteiger charge is 2.11. The number of aryl methyl sites for hydroxylation is 1. The van der Waals surface area contributed by atoms with Crippen molar-refractivity contribution >= 4 is 17.5 Å². The maximum atomic E-state index is 12.2. The van der Waals surface area contributed by atoms with Crippen LogP contribution in [0.25, 0.3) is 0 Å². The third-order valence-corrected chi connectivity index (χ3v) is 3.23. The molecule has 0 unspecified atom stereocenters. The maximum Gasteiger partial charge on any atom is 0.253 e. The summed E-state index contributed by atoms with van der Waals surface area (Å²) in [6.45, 7) is 2.58. The van der Waals surface area contributed by atoms with Crippen molar-refractivity contribution in [3.05, 3.63) is 70.2 Å². The fourth-order valence-corrected chi connectivity index (χ4v) is 1.98. The molecule has 0 spiro atoms. The fraction of sp³-hybridized carbons (Fsp3) is 0.188. The average molecular weight is 274 g/mol. The van der Waals surface area contributed by atoms with Crippen LogP contribution in [0.4, 0.5) is 0 Å². The topological polar surface area (TPSA) is 20.3 Å². The van der Waals surface area contributed by atoms with Crippen LogP contribution >= 0.6 is 11.6 Å². The smallest absolute Gasteiger partial charge is 0.253 e. The first-order valence-electron chi connectivity index (χ1n) is 6.13. The molecule has 98 valence electrons. The van der Waals surface area contributed by atoms with Crippen LogP contribution in [-0.2, 0) is 6.54 Å². The van der Waals surface area contributed by atoms with Crippen LogP contribution < -0.4 is 0 Å². The van der Waals surface area contributed by atoms with Gasteiger partial charge < -0.3 is 4.90 Å². The van der Waals surface area contributed by atoms with Gasteiger partial charge in [0.1, 0.15) is 0 Å². The molecule has 19 heavy (non-hydrogen) atoms. The molecule has 0 aliphatic rings. The van der Waals surface area contributed by atoms with E-state index in [-0.39, 0.29) is 5.91 Å². The molecule has 0 aliphatic carbocycles. The van der Waals surface area contributed by atoms with Gasteiger partial charge in [0.15, 0.2) is 0 Å². The minimum atomic E-state index is 0.0231. The van der Waals surface area contributed by atoms with Crippen molar-refractivity contribution in [2.75, 3.05) is 7.05 Å². The first kappa shape index (κ1) is 13.6. The first-order valence-corrected chi connectivity index (χ1v) is 6.50. The average Bonchev–Trinajstić information content (AvgIpc) is 2.41. The number of hydrogen-bond acceptors (Lipinski definition) is 1. The highest BCUT2D eigenvalue weighted by Crippen LogP contribution is 2.13. The molecule has 0 radical (unpaired) electrons. The maximum absolute atomic E-state index is 12.2. The number of halogens is 1. The molecule has 0 heterocycles. The molecule has 3 heteroatoms. The Morgan fingerprint density at radius 1 is 1.05 bits per heavy atom. The Labute approximate surface area is 118 Å². The fourth-order valence-electron chi connectivity index (χ4n) is 1.85. The molecule has 2 nitrogen and oxygen atoms in total. The molecule has 1 amide bonds. The number of carbonyl (C=O) groups excluding carboxylic acids is 1. The summed E-state index contributed by atoms with van der Waals surface area (Å²) in [5.41, 5.74) is 2.92. The molecule has 0 bridgehead atoms. The van der Waals surface area contributed by atoms with Gasteiger partial charge in [-0.05, 0) is 36.8 Å². The van der Waals surface area contributed by atoms with Gasteiger partial charge in [-0.1, -0.05) is 41.4 Å². The third kappa shape index (κ3) is 3.58. The van der Waals surface area contributed by atoms with Crippen molar-refractivity contribution in [1.82, 2.24) is 4.90 Å². The molecule has 0 aromatic heterocycles. The monoisotopic (exact) mass is 273 g/mol. The predicted molar refractivity (Wildman–Crippen MR) is 78.4 cm³/mol. The molecule has 0 aliphatic heterocycles. The quantitative estimate of drug-likeness (QED) is 0.830. The molecule has 0 saturated carbocycles. The summed E-state index contributed by atoms with van der Waals surface area (Å²) >= 11 is 5.84. The van der Waals surface area contributed by atoms with Gasteiger partial charge in [-0.2, -0.15) is 0 Å².